The third kappa shape index (κ3) is 28.5. The van der Waals surface area contributed by atoms with Gasteiger partial charge in [-0.25, -0.2) is 46.2 Å². The maximum absolute atomic E-state index is 14.2. The number of benzene rings is 4. The van der Waals surface area contributed by atoms with E-state index < -0.39 is 195 Å². The van der Waals surface area contributed by atoms with Crippen LogP contribution in [0.15, 0.2) is 135 Å². The zero-order valence-electron chi connectivity index (χ0n) is 81.0. The second-order valence-corrected chi connectivity index (χ2v) is 65.0. The SMILES string of the molecule is CC(C)(C)[Si](C)(C)O[C@H]1[C@H](O[Si](C)(C)C(C)(C)C)[C@@H](CO[P@]2(=O)OCC[C@H](c3ccc(Cl)c(F)c3)O2)O[C@H]1n1ccc(N)nc1=O.CN(C)C=Nc1ccn([C@@H]2O[C@H](CO)[C@@H](O[Si](C)(C)C(C)(C)C)[C@@H]2O[Si](C)(C)C(C)(C)C)c(=O)n1.Nc1ccn([C@@H]2O[C@H](CO[P@]3(=O)OCC[C@H](c4ccc(Cl)c(F)c4)O3)[C@@H](O)[C@@H]2O)c(=O)n1.O=[N+]([O-])c1ccc(O[P@@]2(=O)OCC[C@H](c3ccc(Cl)c(F)c3)O2)cc1. The summed E-state index contributed by atoms with van der Waals surface area (Å²) >= 11 is 17.2. The van der Waals surface area contributed by atoms with Gasteiger partial charge in [-0.1, -0.05) is 136 Å². The zero-order chi connectivity index (χ0) is 103. The zero-order valence-corrected chi connectivity index (χ0v) is 90.0. The van der Waals surface area contributed by atoms with Gasteiger partial charge in [0.05, 0.1) is 84.3 Å². The van der Waals surface area contributed by atoms with E-state index in [2.05, 4.69) is 155 Å². The average Bonchev–Trinajstić information content (AvgIpc) is 1.61. The van der Waals surface area contributed by atoms with Crippen LogP contribution in [0.1, 0.15) is 156 Å². The number of aliphatic hydroxyl groups excluding tert-OH is 3. The van der Waals surface area contributed by atoms with Gasteiger partial charge in [-0.05, 0) is 156 Å². The van der Waals surface area contributed by atoms with Crippen molar-refractivity contribution in [1.29, 1.82) is 0 Å². The number of aliphatic imine (C=N–C) groups is 1. The molecule has 13 rings (SSSR count). The smallest absolute Gasteiger partial charge is 0.408 e. The van der Waals surface area contributed by atoms with Gasteiger partial charge in [-0.15, -0.1) is 0 Å². The minimum absolute atomic E-state index is 0.0119. The van der Waals surface area contributed by atoms with Gasteiger partial charge in [-0.2, -0.15) is 15.0 Å². The fourth-order valence-electron chi connectivity index (χ4n) is 13.6. The molecule has 38 nitrogen and oxygen atoms in total. The molecule has 18 atom stereocenters. The van der Waals surface area contributed by atoms with Crippen LogP contribution in [0.3, 0.4) is 0 Å². The van der Waals surface area contributed by atoms with Crippen LogP contribution in [-0.2, 0) is 81.8 Å². The van der Waals surface area contributed by atoms with Gasteiger partial charge in [0.1, 0.15) is 89.8 Å². The quantitative estimate of drug-likeness (QED) is 0.00839. The molecule has 138 heavy (non-hydrogen) atoms. The Morgan fingerprint density at radius 1 is 0.507 bits per heavy atom. The molecule has 0 radical (unpaired) electrons. The number of rotatable bonds is 26. The van der Waals surface area contributed by atoms with E-state index in [1.54, 1.807) is 35.6 Å². The van der Waals surface area contributed by atoms with Crippen LogP contribution in [0, 0.1) is 27.6 Å². The van der Waals surface area contributed by atoms with Crippen LogP contribution in [-0.4, -0.2) is 202 Å². The van der Waals surface area contributed by atoms with Crippen molar-refractivity contribution in [2.75, 3.05) is 65.2 Å². The Morgan fingerprint density at radius 3 is 1.21 bits per heavy atom. The number of nitrogens with zero attached hydrogens (tertiary/aromatic N) is 9. The first-order valence-corrected chi connectivity index (χ1v) is 61.5. The first kappa shape index (κ1) is 113. The van der Waals surface area contributed by atoms with E-state index in [9.17, 15) is 66.7 Å². The number of hydrogen-bond acceptors (Lipinski definition) is 33. The lowest BCUT2D eigenvalue weighted by Gasteiger charge is -2.44. The van der Waals surface area contributed by atoms with Gasteiger partial charge in [0.15, 0.2) is 57.8 Å². The number of aliphatic hydroxyl groups is 3. The van der Waals surface area contributed by atoms with Crippen LogP contribution >= 0.6 is 58.3 Å². The van der Waals surface area contributed by atoms with E-state index in [1.165, 1.54) is 100 Å². The van der Waals surface area contributed by atoms with Crippen molar-refractivity contribution in [2.45, 2.75) is 267 Å². The topological polar surface area (TPSA) is 475 Å². The lowest BCUT2D eigenvalue weighted by Crippen LogP contribution is -2.54. The van der Waals surface area contributed by atoms with Gasteiger partial charge < -0.3 is 68.1 Å². The number of nitro groups is 1. The van der Waals surface area contributed by atoms with Crippen molar-refractivity contribution in [3.05, 3.63) is 206 Å². The molecular formula is C87H126Cl3F3N11O27P3Si4. The number of nitro benzene ring substituents is 1. The standard InChI is InChI=1S/C30H48ClFN3O8PSi2.C24H46N4O5Si2.C18H20ClFN3O8P.C15H12ClFNO6P/c1-29(2,3)45(7,8)42-25-23(18-39-44(37)38-16-14-22(41-44)19-11-12-20(31)21(32)17-19)40-27(35-15-13-24(33)34-28(35)36)26(25)43-46(9,10)30(4,5)6;1-23(2,3)34(9,10)32-19-17(15-29)31-21(20(19)33-35(11,12)24(4,5)6)28-14-13-18(26-22(28)30)25-16-27(7)8;19-10-2-1-9(7-11(10)20)12-4-6-28-32(27,31-12)29-8-13-15(24)16(25)17(30-13)23-5-3-14(21)22-18(23)26;16-13-6-1-10(9-14(13)17)15-7-8-22-25(21,24-15)23-12-4-2-11(3-5-12)18(19)20/h11-13,15,17,22-23,25-27H,14,16,18H2,1-10H3,(H2,33,34,36);13-14,16-17,19-21,29H,15H2,1-12H3;1-3,5,7,12-13,15-17,24-25H,4,6,8H2,(H2,21,22,26);1-6,9,15H,7-8H2/t22-,23-,25-,26+,27-,44+;17-,19-,20+,21-;12-,13-,15-,16+,17-,32+;15-,25-/m1111/s1. The minimum atomic E-state index is -4.13. The summed E-state index contributed by atoms with van der Waals surface area (Å²) < 4.78 is 180. The molecule has 0 amide bonds. The molecule has 6 aliphatic heterocycles. The van der Waals surface area contributed by atoms with Crippen LogP contribution in [0.2, 0.25) is 87.6 Å². The van der Waals surface area contributed by atoms with Gasteiger partial charge in [-0.3, -0.25) is 60.0 Å². The number of ether oxygens (including phenoxy) is 3. The van der Waals surface area contributed by atoms with Gasteiger partial charge in [0.25, 0.3) is 5.69 Å². The van der Waals surface area contributed by atoms with Crippen molar-refractivity contribution in [3.8, 4) is 5.75 Å². The summed E-state index contributed by atoms with van der Waals surface area (Å²) in [5.41, 5.74) is 10.6. The monoisotopic (exact) mass is 2120 g/mol. The summed E-state index contributed by atoms with van der Waals surface area (Å²) in [6.07, 6.45) is -6.33. The number of hydrogen-bond donors (Lipinski definition) is 5. The number of halogens is 6. The van der Waals surface area contributed by atoms with Gasteiger partial charge in [0.2, 0.25) is 0 Å². The largest absolute Gasteiger partial charge is 0.530 e. The van der Waals surface area contributed by atoms with E-state index in [1.807, 2.05) is 14.1 Å². The molecule has 0 aliphatic carbocycles. The van der Waals surface area contributed by atoms with Gasteiger partial charge >= 0.3 is 40.5 Å². The van der Waals surface area contributed by atoms with Crippen molar-refractivity contribution < 1.29 is 120 Å². The van der Waals surface area contributed by atoms with Crippen molar-refractivity contribution in [2.24, 2.45) is 4.99 Å². The Hall–Kier alpha value is -6.71. The Labute approximate surface area is 818 Å². The highest BCUT2D eigenvalue weighted by Crippen LogP contribution is 2.61. The number of aromatic nitrogens is 6. The summed E-state index contributed by atoms with van der Waals surface area (Å²) in [5.74, 6) is -1.40. The van der Waals surface area contributed by atoms with Crippen LogP contribution in [0.25, 0.3) is 0 Å². The molecular weight excluding hydrogens is 2000 g/mol. The van der Waals surface area contributed by atoms with E-state index in [0.29, 0.717) is 41.8 Å². The summed E-state index contributed by atoms with van der Waals surface area (Å²) in [6, 6.07) is 22.0. The molecule has 0 bridgehead atoms. The molecule has 7 aromatic rings. The summed E-state index contributed by atoms with van der Waals surface area (Å²) in [4.78, 5) is 65.9. The average molecular weight is 2130 g/mol. The number of phosphoric acid groups is 3. The summed E-state index contributed by atoms with van der Waals surface area (Å²) in [6.45, 7) is 42.1. The highest BCUT2D eigenvalue weighted by atomic mass is 35.5. The van der Waals surface area contributed by atoms with Gasteiger partial charge in [0, 0.05) is 64.1 Å². The first-order valence-electron chi connectivity index (χ1n) is 44.4. The van der Waals surface area contributed by atoms with Crippen molar-refractivity contribution in [1.82, 2.24) is 33.6 Å². The number of phosphoric ester groups is 3. The summed E-state index contributed by atoms with van der Waals surface area (Å²) in [7, 11) is -18.0. The van der Waals surface area contributed by atoms with E-state index >= 15 is 0 Å². The van der Waals surface area contributed by atoms with Crippen LogP contribution < -0.4 is 33.1 Å². The number of anilines is 2. The normalized spacial score (nSPS) is 27.3. The molecule has 6 fully saturated rings. The highest BCUT2D eigenvalue weighted by Gasteiger charge is 2.58. The van der Waals surface area contributed by atoms with Crippen molar-refractivity contribution >= 4 is 121 Å². The van der Waals surface area contributed by atoms with Crippen molar-refractivity contribution in [3.63, 3.8) is 0 Å². The molecule has 6 aliphatic rings. The number of non-ortho nitro benzene ring substituents is 1. The maximum atomic E-state index is 14.2. The molecule has 4 aromatic carbocycles. The Kier molecular flexibility index (Phi) is 37.2. The molecule has 0 spiro atoms. The second kappa shape index (κ2) is 45.3. The molecule has 764 valence electrons. The number of nitrogens with two attached hydrogens (primary N) is 2. The van der Waals surface area contributed by atoms with Crippen LogP contribution in [0.5, 0.6) is 5.75 Å². The predicted octanol–water partition coefficient (Wildman–Crippen LogP) is 18.3. The maximum Gasteiger partial charge on any atom is 0.530 e. The molecule has 0 unspecified atom stereocenters. The Morgan fingerprint density at radius 2 is 0.848 bits per heavy atom. The molecule has 6 saturated heterocycles. The fraction of sp³-hybridized carbons (Fsp3) is 0.575. The lowest BCUT2D eigenvalue weighted by atomic mass is 10.1. The third-order valence-electron chi connectivity index (χ3n) is 25.5. The molecule has 51 heteroatoms. The highest BCUT2D eigenvalue weighted by molar-refractivity contribution is 7.49. The predicted molar refractivity (Wildman–Crippen MR) is 521 cm³/mol. The fourth-order valence-corrected chi connectivity index (χ4v) is 23.3. The number of nitrogen functional groups attached to an aromatic ring is 2. The van der Waals surface area contributed by atoms with E-state index in [0.717, 1.165) is 4.57 Å². The molecule has 9 heterocycles. The van der Waals surface area contributed by atoms with Crippen LogP contribution in [0.4, 0.5) is 36.3 Å². The molecule has 0 saturated carbocycles. The van der Waals surface area contributed by atoms with E-state index in [4.69, 9.17) is 119 Å². The first-order chi connectivity index (χ1) is 63.9. The van der Waals surface area contributed by atoms with E-state index in [-0.39, 0.29) is 91.3 Å². The second-order valence-electron chi connectivity index (χ2n) is 39.9. The molecule has 3 aromatic heterocycles. The Bertz CT molecular complexity index is 5790. The Balaban J connectivity index is 0.000000194. The summed E-state index contributed by atoms with van der Waals surface area (Å²) in [5, 5.41) is 40.9. The third-order valence-corrected chi connectivity index (χ3v) is 48.7. The lowest BCUT2D eigenvalue weighted by molar-refractivity contribution is -0.384. The molecule has 7 N–H and O–H groups in total. The minimum Gasteiger partial charge on any atom is -0.408 e.